The minimum Gasteiger partial charge on any atom is -0.398 e. The monoisotopic (exact) mass is 242 g/mol. The molecule has 2 rings (SSSR count). The Balaban J connectivity index is 2.12. The van der Waals surface area contributed by atoms with Crippen molar-refractivity contribution in [2.45, 2.75) is 11.4 Å². The van der Waals surface area contributed by atoms with Crippen molar-refractivity contribution in [3.05, 3.63) is 24.0 Å². The molecule has 2 heterocycles. The van der Waals surface area contributed by atoms with Gasteiger partial charge in [-0.25, -0.2) is 0 Å². The fourth-order valence-corrected chi connectivity index (χ4v) is 4.30. The van der Waals surface area contributed by atoms with E-state index in [1.807, 2.05) is 23.5 Å². The summed E-state index contributed by atoms with van der Waals surface area (Å²) in [5, 5.41) is 10.4. The Morgan fingerprint density at radius 2 is 2.40 bits per heavy atom. The molecule has 0 spiro atoms. The summed E-state index contributed by atoms with van der Waals surface area (Å²) in [6.07, 6.45) is 2.82. The van der Waals surface area contributed by atoms with Crippen LogP contribution in [0.2, 0.25) is 0 Å². The lowest BCUT2D eigenvalue weighted by Gasteiger charge is -2.26. The van der Waals surface area contributed by atoms with Gasteiger partial charge in [0.25, 0.3) is 0 Å². The van der Waals surface area contributed by atoms with Gasteiger partial charge in [-0.15, -0.1) is 0 Å². The molecule has 5 heteroatoms. The second-order valence-electron chi connectivity index (χ2n) is 3.43. The molecular weight excluding hydrogens is 228 g/mol. The number of pyridine rings is 1. The van der Waals surface area contributed by atoms with Crippen LogP contribution in [0, 0.1) is 0 Å². The highest BCUT2D eigenvalue weighted by Crippen LogP contribution is 2.34. The van der Waals surface area contributed by atoms with Gasteiger partial charge in [0.2, 0.25) is 0 Å². The van der Waals surface area contributed by atoms with Crippen molar-refractivity contribution in [1.29, 1.82) is 0 Å². The van der Waals surface area contributed by atoms with Gasteiger partial charge in [0.05, 0.1) is 6.10 Å². The number of hydrogen-bond donors (Lipinski definition) is 2. The van der Waals surface area contributed by atoms with Gasteiger partial charge in [0.1, 0.15) is 0 Å². The first-order chi connectivity index (χ1) is 7.29. The Bertz CT molecular complexity index is 329. The maximum absolute atomic E-state index is 10.2. The van der Waals surface area contributed by atoms with Gasteiger partial charge in [-0.3, -0.25) is 4.98 Å². The summed E-state index contributed by atoms with van der Waals surface area (Å²) in [5.74, 6) is 3.27. The topological polar surface area (TPSA) is 59.1 Å². The fourth-order valence-electron chi connectivity index (χ4n) is 1.55. The molecule has 3 nitrogen and oxygen atoms in total. The van der Waals surface area contributed by atoms with Gasteiger partial charge >= 0.3 is 0 Å². The third-order valence-corrected chi connectivity index (χ3v) is 5.25. The van der Waals surface area contributed by atoms with Crippen molar-refractivity contribution >= 4 is 29.2 Å². The van der Waals surface area contributed by atoms with Crippen LogP contribution in [-0.4, -0.2) is 32.6 Å². The first-order valence-corrected chi connectivity index (χ1v) is 7.06. The van der Waals surface area contributed by atoms with E-state index in [1.54, 1.807) is 18.5 Å². The van der Waals surface area contributed by atoms with E-state index in [1.165, 1.54) is 5.75 Å². The zero-order valence-corrected chi connectivity index (χ0v) is 9.93. The quantitative estimate of drug-likeness (QED) is 0.824. The third-order valence-electron chi connectivity index (χ3n) is 2.40. The first-order valence-electron chi connectivity index (χ1n) is 4.86. The average Bonchev–Trinajstić information content (AvgIpc) is 2.30. The maximum Gasteiger partial charge on any atom is 0.0951 e. The van der Waals surface area contributed by atoms with Crippen LogP contribution in [0.1, 0.15) is 11.7 Å². The van der Waals surface area contributed by atoms with E-state index in [0.29, 0.717) is 5.69 Å². The van der Waals surface area contributed by atoms with Gasteiger partial charge in [-0.05, 0) is 6.07 Å². The van der Waals surface area contributed by atoms with Crippen molar-refractivity contribution in [2.75, 3.05) is 23.0 Å². The highest BCUT2D eigenvalue weighted by atomic mass is 32.2. The predicted molar refractivity (Wildman–Crippen MR) is 67.2 cm³/mol. The van der Waals surface area contributed by atoms with E-state index in [0.717, 1.165) is 17.1 Å². The number of nitrogen functional groups attached to an aromatic ring is 1. The molecule has 1 fully saturated rings. The van der Waals surface area contributed by atoms with Crippen LogP contribution >= 0.6 is 23.5 Å². The van der Waals surface area contributed by atoms with E-state index in [-0.39, 0.29) is 5.25 Å². The Kier molecular flexibility index (Phi) is 3.77. The second kappa shape index (κ2) is 5.09. The summed E-state index contributed by atoms with van der Waals surface area (Å²) in [6, 6.07) is 1.74. The largest absolute Gasteiger partial charge is 0.398 e. The minimum absolute atomic E-state index is 0.246. The van der Waals surface area contributed by atoms with Gasteiger partial charge in [0.15, 0.2) is 0 Å². The molecule has 15 heavy (non-hydrogen) atoms. The molecule has 3 N–H and O–H groups in total. The maximum atomic E-state index is 10.2. The normalized spacial score (nSPS) is 23.7. The molecule has 2 atom stereocenters. The highest BCUT2D eigenvalue weighted by molar-refractivity contribution is 8.06. The Labute approximate surface area is 97.9 Å². The molecule has 0 saturated carbocycles. The van der Waals surface area contributed by atoms with Gasteiger partial charge in [-0.2, -0.15) is 23.5 Å². The van der Waals surface area contributed by atoms with Crippen LogP contribution < -0.4 is 5.73 Å². The number of aliphatic hydroxyl groups excluding tert-OH is 1. The molecule has 82 valence electrons. The molecule has 2 unspecified atom stereocenters. The number of nitrogens with zero attached hydrogens (tertiary/aromatic N) is 1. The van der Waals surface area contributed by atoms with E-state index in [4.69, 9.17) is 5.73 Å². The zero-order chi connectivity index (χ0) is 10.7. The Hall–Kier alpha value is -0.390. The lowest BCUT2D eigenvalue weighted by molar-refractivity contribution is 0.181. The van der Waals surface area contributed by atoms with E-state index in [9.17, 15) is 5.11 Å². The molecule has 0 radical (unpaired) electrons. The Morgan fingerprint density at radius 3 is 3.07 bits per heavy atom. The number of anilines is 1. The van der Waals surface area contributed by atoms with Crippen LogP contribution in [0.5, 0.6) is 0 Å². The third kappa shape index (κ3) is 2.59. The zero-order valence-electron chi connectivity index (χ0n) is 8.30. The second-order valence-corrected chi connectivity index (χ2v) is 5.93. The first kappa shape index (κ1) is 11.1. The summed E-state index contributed by atoms with van der Waals surface area (Å²) >= 11 is 3.71. The molecule has 0 amide bonds. The standard InChI is InChI=1S/C10H14N2OS2/c11-8-1-2-12-5-7(8)10(13)9-6-14-3-4-15-9/h1-2,5,9-10,13H,3-4,6H2,(H2,11,12). The van der Waals surface area contributed by atoms with Crippen LogP contribution in [0.4, 0.5) is 5.69 Å². The SMILES string of the molecule is Nc1ccncc1C(O)C1CSCCS1. The predicted octanol–water partition coefficient (Wildman–Crippen LogP) is 1.55. The van der Waals surface area contributed by atoms with E-state index < -0.39 is 6.10 Å². The molecule has 0 aromatic carbocycles. The van der Waals surface area contributed by atoms with Gasteiger partial charge < -0.3 is 10.8 Å². The number of rotatable bonds is 2. The van der Waals surface area contributed by atoms with Crippen LogP contribution in [0.3, 0.4) is 0 Å². The minimum atomic E-state index is -0.489. The van der Waals surface area contributed by atoms with Crippen LogP contribution in [-0.2, 0) is 0 Å². The van der Waals surface area contributed by atoms with Crippen molar-refractivity contribution in [2.24, 2.45) is 0 Å². The summed E-state index contributed by atoms with van der Waals surface area (Å²) in [6.45, 7) is 0. The van der Waals surface area contributed by atoms with Crippen molar-refractivity contribution in [3.8, 4) is 0 Å². The average molecular weight is 242 g/mol. The van der Waals surface area contributed by atoms with Crippen molar-refractivity contribution in [3.63, 3.8) is 0 Å². The molecule has 0 aliphatic carbocycles. The summed E-state index contributed by atoms with van der Waals surface area (Å²) < 4.78 is 0. The summed E-state index contributed by atoms with van der Waals surface area (Å²) in [7, 11) is 0. The molecule has 1 aliphatic rings. The molecule has 1 aromatic rings. The van der Waals surface area contributed by atoms with E-state index >= 15 is 0 Å². The summed E-state index contributed by atoms with van der Waals surface area (Å²) in [5.41, 5.74) is 7.21. The molecule has 1 saturated heterocycles. The van der Waals surface area contributed by atoms with Gasteiger partial charge in [0, 0.05) is 46.2 Å². The molecule has 1 aromatic heterocycles. The fraction of sp³-hybridized carbons (Fsp3) is 0.500. The number of aliphatic hydroxyl groups is 1. The number of thioether (sulfide) groups is 2. The number of aromatic nitrogens is 1. The summed E-state index contributed by atoms with van der Waals surface area (Å²) in [4.78, 5) is 4.01. The number of hydrogen-bond acceptors (Lipinski definition) is 5. The highest BCUT2D eigenvalue weighted by Gasteiger charge is 2.25. The molecule has 0 bridgehead atoms. The molecule has 1 aliphatic heterocycles. The van der Waals surface area contributed by atoms with E-state index in [2.05, 4.69) is 4.98 Å². The van der Waals surface area contributed by atoms with Crippen molar-refractivity contribution < 1.29 is 5.11 Å². The van der Waals surface area contributed by atoms with Crippen LogP contribution in [0.15, 0.2) is 18.5 Å². The number of nitrogens with two attached hydrogens (primary N) is 1. The van der Waals surface area contributed by atoms with Crippen molar-refractivity contribution in [1.82, 2.24) is 4.98 Å². The lowest BCUT2D eigenvalue weighted by Crippen LogP contribution is -2.23. The Morgan fingerprint density at radius 1 is 1.53 bits per heavy atom. The molecular formula is C10H14N2OS2. The van der Waals surface area contributed by atoms with Crippen LogP contribution in [0.25, 0.3) is 0 Å². The van der Waals surface area contributed by atoms with Gasteiger partial charge in [-0.1, -0.05) is 0 Å². The smallest absolute Gasteiger partial charge is 0.0951 e. The lowest BCUT2D eigenvalue weighted by atomic mass is 10.1.